The molecule has 12 heteroatoms. The van der Waals surface area contributed by atoms with E-state index in [1.807, 2.05) is 0 Å². The first-order valence-corrected chi connectivity index (χ1v) is 13.7. The molecule has 0 spiro atoms. The summed E-state index contributed by atoms with van der Waals surface area (Å²) in [5.41, 5.74) is 3.26. The number of aromatic nitrogens is 4. The summed E-state index contributed by atoms with van der Waals surface area (Å²) < 4.78 is 27.9. The number of aryl methyl sites for hydroxylation is 1. The summed E-state index contributed by atoms with van der Waals surface area (Å²) in [6.45, 7) is 2.59. The molecule has 0 fully saturated rings. The van der Waals surface area contributed by atoms with Crippen molar-refractivity contribution in [1.29, 1.82) is 0 Å². The van der Waals surface area contributed by atoms with E-state index in [4.69, 9.17) is 11.6 Å². The van der Waals surface area contributed by atoms with E-state index in [0.29, 0.717) is 46.2 Å². The SMILES string of the molecule is Cc1cc(C(=O)NCCn2ccnn2)c(C=C2C(=O)Nc3ccc(S(=O)(=O)Cc4cccc(Cl)c4)cc32)[nH]1. The molecule has 194 valence electrons. The summed E-state index contributed by atoms with van der Waals surface area (Å²) in [5, 5.41) is 13.6. The molecule has 2 aromatic heterocycles. The standard InChI is InChI=1S/C26H23ClN6O4S/c1-16-11-22(25(34)28-7-9-33-10-8-29-32-33)24(30-16)14-21-20-13-19(5-6-23(20)31-26(21)35)38(36,37)15-17-3-2-4-18(27)12-17/h2-6,8,10-14,30H,7,9,15H2,1H3,(H,28,34)(H,31,35). The van der Waals surface area contributed by atoms with Gasteiger partial charge in [-0.1, -0.05) is 28.9 Å². The van der Waals surface area contributed by atoms with Crippen molar-refractivity contribution >= 4 is 50.6 Å². The number of halogens is 1. The van der Waals surface area contributed by atoms with Crippen LogP contribution in [0.25, 0.3) is 11.6 Å². The van der Waals surface area contributed by atoms with Gasteiger partial charge in [-0.3, -0.25) is 14.3 Å². The lowest BCUT2D eigenvalue weighted by Crippen LogP contribution is -2.27. The molecule has 2 aromatic carbocycles. The van der Waals surface area contributed by atoms with Crippen molar-refractivity contribution in [2.45, 2.75) is 24.1 Å². The Morgan fingerprint density at radius 3 is 2.79 bits per heavy atom. The van der Waals surface area contributed by atoms with Crippen LogP contribution in [0.2, 0.25) is 5.02 Å². The van der Waals surface area contributed by atoms with Gasteiger partial charge in [0.1, 0.15) is 0 Å². The first kappa shape index (κ1) is 25.4. The molecule has 0 atom stereocenters. The number of hydrogen-bond donors (Lipinski definition) is 3. The summed E-state index contributed by atoms with van der Waals surface area (Å²) in [6.07, 6.45) is 4.82. The number of nitrogens with one attached hydrogen (secondary N) is 3. The van der Waals surface area contributed by atoms with Crippen molar-refractivity contribution in [3.8, 4) is 0 Å². The van der Waals surface area contributed by atoms with Crippen LogP contribution in [-0.4, -0.2) is 46.8 Å². The number of rotatable bonds is 8. The van der Waals surface area contributed by atoms with E-state index in [2.05, 4.69) is 25.9 Å². The minimum Gasteiger partial charge on any atom is -0.358 e. The number of amides is 2. The Morgan fingerprint density at radius 2 is 2.03 bits per heavy atom. The molecular weight excluding hydrogens is 528 g/mol. The molecule has 2 amide bonds. The van der Waals surface area contributed by atoms with E-state index in [9.17, 15) is 18.0 Å². The topological polar surface area (TPSA) is 139 Å². The number of carbonyl (C=O) groups excluding carboxylic acids is 2. The number of hydrogen-bond acceptors (Lipinski definition) is 6. The van der Waals surface area contributed by atoms with Crippen molar-refractivity contribution in [2.75, 3.05) is 11.9 Å². The van der Waals surface area contributed by atoms with Gasteiger partial charge < -0.3 is 15.6 Å². The molecule has 5 rings (SSSR count). The normalized spacial score (nSPS) is 13.9. The number of aromatic amines is 1. The highest BCUT2D eigenvalue weighted by Gasteiger charge is 2.28. The molecule has 38 heavy (non-hydrogen) atoms. The Hall–Kier alpha value is -4.22. The summed E-state index contributed by atoms with van der Waals surface area (Å²) in [5.74, 6) is -0.950. The first-order chi connectivity index (χ1) is 18.2. The molecule has 0 aliphatic carbocycles. The molecule has 3 N–H and O–H groups in total. The molecule has 10 nitrogen and oxygen atoms in total. The first-order valence-electron chi connectivity index (χ1n) is 11.7. The maximum Gasteiger partial charge on any atom is 0.256 e. The third kappa shape index (κ3) is 5.38. The van der Waals surface area contributed by atoms with Crippen LogP contribution >= 0.6 is 11.6 Å². The fraction of sp³-hybridized carbons (Fsp3) is 0.154. The molecule has 0 bridgehead atoms. The van der Waals surface area contributed by atoms with Gasteiger partial charge in [-0.25, -0.2) is 8.42 Å². The van der Waals surface area contributed by atoms with Gasteiger partial charge in [-0.15, -0.1) is 5.10 Å². The van der Waals surface area contributed by atoms with E-state index < -0.39 is 15.7 Å². The monoisotopic (exact) mass is 550 g/mol. The van der Waals surface area contributed by atoms with Gasteiger partial charge in [0.2, 0.25) is 0 Å². The van der Waals surface area contributed by atoms with Crippen LogP contribution in [0.3, 0.4) is 0 Å². The molecule has 1 aliphatic rings. The largest absolute Gasteiger partial charge is 0.358 e. The number of carbonyl (C=O) groups is 2. The summed E-state index contributed by atoms with van der Waals surface area (Å²) in [7, 11) is -3.72. The van der Waals surface area contributed by atoms with Crippen LogP contribution in [-0.2, 0) is 26.9 Å². The summed E-state index contributed by atoms with van der Waals surface area (Å²) >= 11 is 6.01. The second-order valence-electron chi connectivity index (χ2n) is 8.81. The molecule has 1 aliphatic heterocycles. The average Bonchev–Trinajstić information content (AvgIpc) is 3.58. The molecule has 4 aromatic rings. The van der Waals surface area contributed by atoms with Gasteiger partial charge in [0.05, 0.1) is 40.2 Å². The van der Waals surface area contributed by atoms with E-state index in [1.165, 1.54) is 12.1 Å². The predicted octanol–water partition coefficient (Wildman–Crippen LogP) is 3.46. The van der Waals surface area contributed by atoms with Crippen LogP contribution in [0.15, 0.2) is 65.8 Å². The van der Waals surface area contributed by atoms with Gasteiger partial charge in [0.15, 0.2) is 9.84 Å². The Labute approximate surface area is 223 Å². The predicted molar refractivity (Wildman–Crippen MR) is 143 cm³/mol. The van der Waals surface area contributed by atoms with E-state index >= 15 is 0 Å². The quantitative estimate of drug-likeness (QED) is 0.287. The number of anilines is 1. The zero-order chi connectivity index (χ0) is 26.9. The zero-order valence-corrected chi connectivity index (χ0v) is 21.8. The molecule has 0 radical (unpaired) electrons. The minimum absolute atomic E-state index is 0.0763. The van der Waals surface area contributed by atoms with Crippen molar-refractivity contribution < 1.29 is 18.0 Å². The average molecular weight is 551 g/mol. The molecule has 0 saturated heterocycles. The minimum atomic E-state index is -3.72. The Kier molecular flexibility index (Phi) is 6.87. The number of sulfone groups is 1. The van der Waals surface area contributed by atoms with Gasteiger partial charge in [-0.05, 0) is 55.0 Å². The highest BCUT2D eigenvalue weighted by Crippen LogP contribution is 2.36. The van der Waals surface area contributed by atoms with Crippen molar-refractivity contribution in [3.63, 3.8) is 0 Å². The van der Waals surface area contributed by atoms with E-state index in [0.717, 1.165) is 5.69 Å². The number of H-pyrrole nitrogens is 1. The van der Waals surface area contributed by atoms with Crippen molar-refractivity contribution in [1.82, 2.24) is 25.3 Å². The third-order valence-electron chi connectivity index (χ3n) is 5.99. The maximum absolute atomic E-state index is 13.2. The second-order valence-corrected chi connectivity index (χ2v) is 11.2. The van der Waals surface area contributed by atoms with Gasteiger partial charge in [-0.2, -0.15) is 0 Å². The summed E-state index contributed by atoms with van der Waals surface area (Å²) in [6, 6.07) is 12.9. The molecule has 0 unspecified atom stereocenters. The smallest absolute Gasteiger partial charge is 0.256 e. The summed E-state index contributed by atoms with van der Waals surface area (Å²) in [4.78, 5) is 28.9. The van der Waals surface area contributed by atoms with Gasteiger partial charge in [0, 0.05) is 34.7 Å². The third-order valence-corrected chi connectivity index (χ3v) is 7.91. The number of benzene rings is 2. The van der Waals surface area contributed by atoms with Crippen LogP contribution < -0.4 is 10.6 Å². The van der Waals surface area contributed by atoms with Gasteiger partial charge >= 0.3 is 0 Å². The molecule has 0 saturated carbocycles. The van der Waals surface area contributed by atoms with Crippen molar-refractivity contribution in [3.05, 3.63) is 94.0 Å². The maximum atomic E-state index is 13.2. The molecular formula is C26H23ClN6O4S. The highest BCUT2D eigenvalue weighted by molar-refractivity contribution is 7.90. The van der Waals surface area contributed by atoms with Gasteiger partial charge in [0.25, 0.3) is 11.8 Å². The van der Waals surface area contributed by atoms with Crippen LogP contribution in [0.4, 0.5) is 5.69 Å². The Balaban J connectivity index is 1.42. The van der Waals surface area contributed by atoms with Crippen LogP contribution in [0.1, 0.15) is 32.9 Å². The lowest BCUT2D eigenvalue weighted by atomic mass is 10.0. The van der Waals surface area contributed by atoms with E-state index in [-0.39, 0.29) is 22.1 Å². The van der Waals surface area contributed by atoms with Crippen molar-refractivity contribution in [2.24, 2.45) is 0 Å². The van der Waals surface area contributed by atoms with Crippen LogP contribution in [0.5, 0.6) is 0 Å². The van der Waals surface area contributed by atoms with Crippen LogP contribution in [0, 0.1) is 6.92 Å². The lowest BCUT2D eigenvalue weighted by molar-refractivity contribution is -0.110. The number of nitrogens with zero attached hydrogens (tertiary/aromatic N) is 3. The highest BCUT2D eigenvalue weighted by atomic mass is 35.5. The van der Waals surface area contributed by atoms with E-state index in [1.54, 1.807) is 66.5 Å². The Bertz CT molecular complexity index is 1680. The fourth-order valence-electron chi connectivity index (χ4n) is 4.22. The second kappa shape index (κ2) is 10.3. The zero-order valence-electron chi connectivity index (χ0n) is 20.2. The lowest BCUT2D eigenvalue weighted by Gasteiger charge is -2.08. The Morgan fingerprint density at radius 1 is 1.18 bits per heavy atom. The fourth-order valence-corrected chi connectivity index (χ4v) is 5.79. The number of fused-ring (bicyclic) bond motifs is 1. The molecule has 3 heterocycles.